The van der Waals surface area contributed by atoms with Crippen LogP contribution < -0.4 is 0 Å². The number of hydrogen-bond donors (Lipinski definition) is 1. The van der Waals surface area contributed by atoms with Crippen molar-refractivity contribution >= 4 is 5.69 Å². The fourth-order valence-corrected chi connectivity index (χ4v) is 1.54. The van der Waals surface area contributed by atoms with E-state index in [1.54, 1.807) is 12.1 Å². The molecule has 1 rings (SSSR count). The Bertz CT molecular complexity index is 421. The van der Waals surface area contributed by atoms with Gasteiger partial charge >= 0.3 is 0 Å². The molecule has 1 atom stereocenters. The maximum absolute atomic E-state index is 10.6. The minimum Gasteiger partial charge on any atom is -0.392 e. The van der Waals surface area contributed by atoms with E-state index in [4.69, 9.17) is 0 Å². The zero-order valence-electron chi connectivity index (χ0n) is 10.7. The van der Waals surface area contributed by atoms with Gasteiger partial charge in [-0.2, -0.15) is 0 Å². The molecule has 0 spiro atoms. The molecule has 0 aliphatic heterocycles. The smallest absolute Gasteiger partial charge is 0.269 e. The number of aliphatic hydroxyl groups excluding tert-OH is 1. The van der Waals surface area contributed by atoms with Crippen molar-refractivity contribution in [1.29, 1.82) is 0 Å². The van der Waals surface area contributed by atoms with Gasteiger partial charge in [0.1, 0.15) is 0 Å². The molecule has 0 saturated heterocycles. The van der Waals surface area contributed by atoms with Crippen molar-refractivity contribution < 1.29 is 10.0 Å². The first kappa shape index (κ1) is 13.6. The molecule has 0 amide bonds. The lowest BCUT2D eigenvalue weighted by molar-refractivity contribution is -0.384. The van der Waals surface area contributed by atoms with Gasteiger partial charge in [-0.05, 0) is 29.9 Å². The van der Waals surface area contributed by atoms with E-state index in [2.05, 4.69) is 0 Å². The Kier molecular flexibility index (Phi) is 3.88. The highest BCUT2D eigenvalue weighted by atomic mass is 16.6. The average Bonchev–Trinajstić information content (AvgIpc) is 2.19. The molecule has 0 radical (unpaired) electrons. The average molecular weight is 237 g/mol. The summed E-state index contributed by atoms with van der Waals surface area (Å²) in [6.07, 6.45) is 0.0653. The first-order valence-corrected chi connectivity index (χ1v) is 5.64. The third-order valence-electron chi connectivity index (χ3n) is 2.95. The third kappa shape index (κ3) is 3.53. The first-order chi connectivity index (χ1) is 7.71. The zero-order valence-corrected chi connectivity index (χ0v) is 10.7. The van der Waals surface area contributed by atoms with Crippen molar-refractivity contribution in [3.63, 3.8) is 0 Å². The Morgan fingerprint density at radius 3 is 2.41 bits per heavy atom. The predicted octanol–water partition coefficient (Wildman–Crippen LogP) is 2.85. The summed E-state index contributed by atoms with van der Waals surface area (Å²) in [4.78, 5) is 10.2. The van der Waals surface area contributed by atoms with Crippen LogP contribution in [0.15, 0.2) is 18.2 Å². The van der Waals surface area contributed by atoms with Gasteiger partial charge in [0.05, 0.1) is 11.0 Å². The summed E-state index contributed by atoms with van der Waals surface area (Å²) in [7, 11) is 0. The number of nitrogens with zero attached hydrogens (tertiary/aromatic N) is 1. The Hall–Kier alpha value is -1.42. The van der Waals surface area contributed by atoms with Gasteiger partial charge in [0.25, 0.3) is 5.69 Å². The summed E-state index contributed by atoms with van der Waals surface area (Å²) < 4.78 is 0. The number of benzene rings is 1. The molecule has 94 valence electrons. The molecule has 1 unspecified atom stereocenters. The molecule has 0 heterocycles. The van der Waals surface area contributed by atoms with Crippen LogP contribution in [0.1, 0.15) is 31.9 Å². The molecule has 1 aromatic rings. The first-order valence-electron chi connectivity index (χ1n) is 5.64. The van der Waals surface area contributed by atoms with Crippen molar-refractivity contribution in [2.45, 2.75) is 40.2 Å². The van der Waals surface area contributed by atoms with Crippen molar-refractivity contribution in [3.05, 3.63) is 39.4 Å². The van der Waals surface area contributed by atoms with Gasteiger partial charge in [-0.3, -0.25) is 10.1 Å². The number of non-ortho nitro benzene ring substituents is 1. The van der Waals surface area contributed by atoms with E-state index in [0.717, 1.165) is 11.1 Å². The summed E-state index contributed by atoms with van der Waals surface area (Å²) in [5.74, 6) is 0. The molecule has 0 aromatic heterocycles. The quantitative estimate of drug-likeness (QED) is 0.649. The molecule has 4 nitrogen and oxygen atoms in total. The van der Waals surface area contributed by atoms with E-state index in [1.807, 2.05) is 27.7 Å². The van der Waals surface area contributed by atoms with Crippen LogP contribution in [0, 0.1) is 22.5 Å². The Labute approximate surface area is 101 Å². The Balaban J connectivity index is 2.90. The number of hydrogen-bond acceptors (Lipinski definition) is 3. The Morgan fingerprint density at radius 2 is 2.00 bits per heavy atom. The highest BCUT2D eigenvalue weighted by Gasteiger charge is 2.23. The molecule has 1 N–H and O–H groups in total. The van der Waals surface area contributed by atoms with Gasteiger partial charge in [0, 0.05) is 12.1 Å². The van der Waals surface area contributed by atoms with Crippen molar-refractivity contribution in [2.24, 2.45) is 5.41 Å². The maximum Gasteiger partial charge on any atom is 0.269 e. The SMILES string of the molecule is Cc1cc([N+](=O)[O-])ccc1CC(O)C(C)(C)C. The second kappa shape index (κ2) is 4.84. The van der Waals surface area contributed by atoms with Gasteiger partial charge in [-0.25, -0.2) is 0 Å². The number of nitro groups is 1. The van der Waals surface area contributed by atoms with Crippen LogP contribution in [-0.2, 0) is 6.42 Å². The summed E-state index contributed by atoms with van der Waals surface area (Å²) in [5.41, 5.74) is 1.71. The topological polar surface area (TPSA) is 63.4 Å². The van der Waals surface area contributed by atoms with E-state index >= 15 is 0 Å². The molecule has 0 aliphatic carbocycles. The van der Waals surface area contributed by atoms with Crippen LogP contribution in [0.5, 0.6) is 0 Å². The lowest BCUT2D eigenvalue weighted by Crippen LogP contribution is -2.28. The summed E-state index contributed by atoms with van der Waals surface area (Å²) in [6.45, 7) is 7.74. The molecular formula is C13H19NO3. The molecule has 0 fully saturated rings. The number of aryl methyl sites for hydroxylation is 1. The minimum atomic E-state index is -0.456. The molecule has 17 heavy (non-hydrogen) atoms. The minimum absolute atomic E-state index is 0.0940. The van der Waals surface area contributed by atoms with E-state index in [0.29, 0.717) is 6.42 Å². The van der Waals surface area contributed by atoms with E-state index < -0.39 is 11.0 Å². The third-order valence-corrected chi connectivity index (χ3v) is 2.95. The molecule has 1 aromatic carbocycles. The van der Waals surface area contributed by atoms with E-state index in [1.165, 1.54) is 6.07 Å². The van der Waals surface area contributed by atoms with Crippen molar-refractivity contribution in [1.82, 2.24) is 0 Å². The Morgan fingerprint density at radius 1 is 1.41 bits per heavy atom. The van der Waals surface area contributed by atoms with E-state index in [-0.39, 0.29) is 11.1 Å². The monoisotopic (exact) mass is 237 g/mol. The maximum atomic E-state index is 10.6. The molecule has 0 aliphatic rings. The van der Waals surface area contributed by atoms with Gasteiger partial charge in [-0.15, -0.1) is 0 Å². The summed E-state index contributed by atoms with van der Waals surface area (Å²) >= 11 is 0. The van der Waals surface area contributed by atoms with E-state index in [9.17, 15) is 15.2 Å². The van der Waals surface area contributed by atoms with Crippen molar-refractivity contribution in [3.8, 4) is 0 Å². The number of nitro benzene ring substituents is 1. The van der Waals surface area contributed by atoms with Crippen LogP contribution in [0.4, 0.5) is 5.69 Å². The van der Waals surface area contributed by atoms with Crippen LogP contribution >= 0.6 is 0 Å². The fraction of sp³-hybridized carbons (Fsp3) is 0.538. The second-order valence-corrected chi connectivity index (χ2v) is 5.45. The standard InChI is InChI=1S/C13H19NO3/c1-9-7-11(14(16)17)6-5-10(9)8-12(15)13(2,3)4/h5-7,12,15H,8H2,1-4H3. The number of rotatable bonds is 3. The van der Waals surface area contributed by atoms with Gasteiger partial charge in [0.2, 0.25) is 0 Å². The highest BCUT2D eigenvalue weighted by Crippen LogP contribution is 2.25. The van der Waals surface area contributed by atoms with Crippen LogP contribution in [0.3, 0.4) is 0 Å². The van der Waals surface area contributed by atoms with Gasteiger partial charge < -0.3 is 5.11 Å². The predicted molar refractivity (Wildman–Crippen MR) is 67.0 cm³/mol. The second-order valence-electron chi connectivity index (χ2n) is 5.45. The number of aliphatic hydroxyl groups is 1. The highest BCUT2D eigenvalue weighted by molar-refractivity contribution is 5.39. The lowest BCUT2D eigenvalue weighted by atomic mass is 9.84. The van der Waals surface area contributed by atoms with Crippen LogP contribution in [0.2, 0.25) is 0 Å². The molecule has 0 saturated carbocycles. The molecule has 0 bridgehead atoms. The largest absolute Gasteiger partial charge is 0.392 e. The lowest BCUT2D eigenvalue weighted by Gasteiger charge is -2.26. The summed E-state index contributed by atoms with van der Waals surface area (Å²) in [6, 6.07) is 4.75. The zero-order chi connectivity index (χ0) is 13.2. The summed E-state index contributed by atoms with van der Waals surface area (Å²) in [5, 5.41) is 20.6. The molecular weight excluding hydrogens is 218 g/mol. The van der Waals surface area contributed by atoms with Crippen LogP contribution in [-0.4, -0.2) is 16.1 Å². The molecule has 4 heteroatoms. The normalized spacial score (nSPS) is 13.5. The fourth-order valence-electron chi connectivity index (χ4n) is 1.54. The van der Waals surface area contributed by atoms with Crippen LogP contribution in [0.25, 0.3) is 0 Å². The van der Waals surface area contributed by atoms with Gasteiger partial charge in [0.15, 0.2) is 0 Å². The van der Waals surface area contributed by atoms with Crippen molar-refractivity contribution in [2.75, 3.05) is 0 Å². The van der Waals surface area contributed by atoms with Gasteiger partial charge in [-0.1, -0.05) is 26.8 Å².